The van der Waals surface area contributed by atoms with Gasteiger partial charge in [0.05, 0.1) is 6.61 Å². The van der Waals surface area contributed by atoms with Crippen LogP contribution in [0.5, 0.6) is 5.75 Å². The summed E-state index contributed by atoms with van der Waals surface area (Å²) in [4.78, 5) is 1.09. The molecule has 1 aromatic carbocycles. The van der Waals surface area contributed by atoms with Crippen molar-refractivity contribution in [2.24, 2.45) is 0 Å². The monoisotopic (exact) mass is 216 g/mol. The summed E-state index contributed by atoms with van der Waals surface area (Å²) in [5, 5.41) is 8.58. The maximum absolute atomic E-state index is 8.58. The van der Waals surface area contributed by atoms with Gasteiger partial charge in [-0.1, -0.05) is 10.8 Å². The molecular weight excluding hydrogens is 204 g/mol. The third kappa shape index (κ3) is 3.14. The standard InChI is InChI=1S/C9H12O2S2/c1-7-6-8(13-12)2-3-9(7)11-5-4-10/h2-3,6,10,12H,4-5H2,1H3. The summed E-state index contributed by atoms with van der Waals surface area (Å²) in [5.41, 5.74) is 1.06. The second-order valence-corrected chi connectivity index (χ2v) is 3.79. The Labute approximate surface area is 87.1 Å². The summed E-state index contributed by atoms with van der Waals surface area (Å²) >= 11 is 4.10. The Bertz CT molecular complexity index is 276. The fourth-order valence-corrected chi connectivity index (χ4v) is 1.70. The predicted octanol–water partition coefficient (Wildman–Crippen LogP) is 2.30. The Kier molecular flexibility index (Phi) is 4.48. The quantitative estimate of drug-likeness (QED) is 0.598. The lowest BCUT2D eigenvalue weighted by molar-refractivity contribution is 0.200. The van der Waals surface area contributed by atoms with E-state index in [1.54, 1.807) is 0 Å². The van der Waals surface area contributed by atoms with Crippen LogP contribution in [-0.2, 0) is 0 Å². The summed E-state index contributed by atoms with van der Waals surface area (Å²) in [6, 6.07) is 5.84. The van der Waals surface area contributed by atoms with Crippen LogP contribution in [-0.4, -0.2) is 18.3 Å². The van der Waals surface area contributed by atoms with Crippen molar-refractivity contribution >= 4 is 22.5 Å². The van der Waals surface area contributed by atoms with Crippen molar-refractivity contribution in [3.05, 3.63) is 23.8 Å². The van der Waals surface area contributed by atoms with Crippen molar-refractivity contribution in [1.29, 1.82) is 0 Å². The number of ether oxygens (including phenoxy) is 1. The Morgan fingerprint density at radius 2 is 2.31 bits per heavy atom. The van der Waals surface area contributed by atoms with E-state index >= 15 is 0 Å². The van der Waals surface area contributed by atoms with E-state index in [-0.39, 0.29) is 6.61 Å². The van der Waals surface area contributed by atoms with Gasteiger partial charge in [0, 0.05) is 4.90 Å². The Morgan fingerprint density at radius 1 is 1.54 bits per heavy atom. The molecule has 2 nitrogen and oxygen atoms in total. The van der Waals surface area contributed by atoms with Crippen molar-refractivity contribution in [3.8, 4) is 5.75 Å². The maximum Gasteiger partial charge on any atom is 0.122 e. The second kappa shape index (κ2) is 5.42. The second-order valence-electron chi connectivity index (χ2n) is 2.59. The van der Waals surface area contributed by atoms with Gasteiger partial charge in [-0.3, -0.25) is 0 Å². The number of rotatable bonds is 4. The molecule has 0 spiro atoms. The molecule has 4 heteroatoms. The molecule has 0 amide bonds. The maximum atomic E-state index is 8.58. The molecule has 0 saturated heterocycles. The molecule has 0 bridgehead atoms. The summed E-state index contributed by atoms with van der Waals surface area (Å²) in [7, 11) is 1.41. The van der Waals surface area contributed by atoms with E-state index < -0.39 is 0 Å². The van der Waals surface area contributed by atoms with Gasteiger partial charge in [0.1, 0.15) is 12.4 Å². The average Bonchev–Trinajstić information content (AvgIpc) is 2.16. The molecule has 0 aliphatic carbocycles. The van der Waals surface area contributed by atoms with Crippen LogP contribution in [0.15, 0.2) is 23.1 Å². The van der Waals surface area contributed by atoms with Crippen LogP contribution in [0.1, 0.15) is 5.56 Å². The highest BCUT2D eigenvalue weighted by molar-refractivity contribution is 8.68. The van der Waals surface area contributed by atoms with E-state index in [4.69, 9.17) is 9.84 Å². The number of hydrogen-bond donors (Lipinski definition) is 2. The molecule has 0 aromatic heterocycles. The predicted molar refractivity (Wildman–Crippen MR) is 58.6 cm³/mol. The molecule has 0 aliphatic rings. The van der Waals surface area contributed by atoms with E-state index in [0.717, 1.165) is 16.2 Å². The zero-order valence-corrected chi connectivity index (χ0v) is 9.07. The van der Waals surface area contributed by atoms with Crippen LogP contribution in [0, 0.1) is 6.92 Å². The number of aliphatic hydroxyl groups excluding tert-OH is 1. The smallest absolute Gasteiger partial charge is 0.122 e. The highest BCUT2D eigenvalue weighted by Gasteiger charge is 1.99. The van der Waals surface area contributed by atoms with Gasteiger partial charge < -0.3 is 9.84 Å². The number of aliphatic hydroxyl groups is 1. The summed E-state index contributed by atoms with van der Waals surface area (Å²) in [6.07, 6.45) is 0. The summed E-state index contributed by atoms with van der Waals surface area (Å²) in [6.45, 7) is 2.36. The normalized spacial score (nSPS) is 10.1. The number of benzene rings is 1. The van der Waals surface area contributed by atoms with Gasteiger partial charge in [-0.25, -0.2) is 0 Å². The average molecular weight is 216 g/mol. The third-order valence-electron chi connectivity index (χ3n) is 1.60. The third-order valence-corrected chi connectivity index (χ3v) is 2.70. The van der Waals surface area contributed by atoms with Crippen LogP contribution in [0.4, 0.5) is 0 Å². The topological polar surface area (TPSA) is 29.5 Å². The van der Waals surface area contributed by atoms with E-state index in [9.17, 15) is 0 Å². The van der Waals surface area contributed by atoms with Gasteiger partial charge in [0.15, 0.2) is 0 Å². The first-order valence-electron chi connectivity index (χ1n) is 3.93. The largest absolute Gasteiger partial charge is 0.491 e. The lowest BCUT2D eigenvalue weighted by atomic mass is 10.2. The Balaban J connectivity index is 2.73. The van der Waals surface area contributed by atoms with E-state index in [0.29, 0.717) is 6.61 Å². The zero-order valence-electron chi connectivity index (χ0n) is 7.36. The van der Waals surface area contributed by atoms with Gasteiger partial charge >= 0.3 is 0 Å². The van der Waals surface area contributed by atoms with Crippen molar-refractivity contribution in [1.82, 2.24) is 0 Å². The highest BCUT2D eigenvalue weighted by Crippen LogP contribution is 2.27. The molecule has 0 atom stereocenters. The van der Waals surface area contributed by atoms with Crippen molar-refractivity contribution in [3.63, 3.8) is 0 Å². The molecule has 0 heterocycles. The molecule has 1 N–H and O–H groups in total. The van der Waals surface area contributed by atoms with Crippen LogP contribution in [0.3, 0.4) is 0 Å². The first-order valence-corrected chi connectivity index (χ1v) is 5.80. The first kappa shape index (κ1) is 10.8. The van der Waals surface area contributed by atoms with Crippen LogP contribution < -0.4 is 4.74 Å². The number of aryl methyl sites for hydroxylation is 1. The van der Waals surface area contributed by atoms with Gasteiger partial charge in [0.2, 0.25) is 0 Å². The lowest BCUT2D eigenvalue weighted by Crippen LogP contribution is -2.02. The molecule has 1 rings (SSSR count). The van der Waals surface area contributed by atoms with Gasteiger partial charge in [-0.2, -0.15) is 0 Å². The van der Waals surface area contributed by atoms with E-state index in [1.807, 2.05) is 25.1 Å². The van der Waals surface area contributed by atoms with Crippen LogP contribution in [0.25, 0.3) is 0 Å². The molecule has 0 unspecified atom stereocenters. The Hall–Kier alpha value is -0.320. The molecule has 13 heavy (non-hydrogen) atoms. The fourth-order valence-electron chi connectivity index (χ4n) is 0.996. The highest BCUT2D eigenvalue weighted by atomic mass is 33.1. The first-order chi connectivity index (χ1) is 6.27. The molecule has 0 aliphatic heterocycles. The van der Waals surface area contributed by atoms with E-state index in [1.165, 1.54) is 10.8 Å². The molecule has 0 fully saturated rings. The fraction of sp³-hybridized carbons (Fsp3) is 0.333. The van der Waals surface area contributed by atoms with Gasteiger partial charge in [-0.15, -0.1) is 11.7 Å². The SMILES string of the molecule is Cc1cc(SS)ccc1OCCO. The molecule has 0 saturated carbocycles. The van der Waals surface area contributed by atoms with Crippen molar-refractivity contribution < 1.29 is 9.84 Å². The molecular formula is C9H12O2S2. The number of thiol groups is 1. The lowest BCUT2D eigenvalue weighted by Gasteiger charge is -2.08. The molecule has 72 valence electrons. The van der Waals surface area contributed by atoms with E-state index in [2.05, 4.69) is 11.7 Å². The van der Waals surface area contributed by atoms with Crippen molar-refractivity contribution in [2.75, 3.05) is 13.2 Å². The minimum Gasteiger partial charge on any atom is -0.491 e. The minimum atomic E-state index is 0.0442. The van der Waals surface area contributed by atoms with Crippen molar-refractivity contribution in [2.45, 2.75) is 11.8 Å². The minimum absolute atomic E-state index is 0.0442. The molecule has 1 aromatic rings. The summed E-state index contributed by atoms with van der Waals surface area (Å²) in [5.74, 6) is 0.820. The van der Waals surface area contributed by atoms with Gasteiger partial charge in [0.25, 0.3) is 0 Å². The van der Waals surface area contributed by atoms with Crippen LogP contribution >= 0.6 is 22.5 Å². The number of hydrogen-bond acceptors (Lipinski definition) is 4. The summed E-state index contributed by atoms with van der Waals surface area (Å²) < 4.78 is 5.30. The van der Waals surface area contributed by atoms with Crippen LogP contribution in [0.2, 0.25) is 0 Å². The Morgan fingerprint density at radius 3 is 2.85 bits per heavy atom. The molecule has 0 radical (unpaired) electrons. The van der Waals surface area contributed by atoms with Gasteiger partial charge in [-0.05, 0) is 30.7 Å². The zero-order chi connectivity index (χ0) is 9.68.